The van der Waals surface area contributed by atoms with Crippen LogP contribution in [0.3, 0.4) is 0 Å². The Morgan fingerprint density at radius 3 is 2.52 bits per heavy atom. The molecule has 134 valence electrons. The molecule has 0 radical (unpaired) electrons. The van der Waals surface area contributed by atoms with Gasteiger partial charge in [0.25, 0.3) is 5.91 Å². The molecule has 0 aliphatic heterocycles. The van der Waals surface area contributed by atoms with Crippen molar-refractivity contribution in [3.8, 4) is 0 Å². The normalized spacial score (nSPS) is 11.5. The average Bonchev–Trinajstić information content (AvgIpc) is 2.59. The highest BCUT2D eigenvalue weighted by molar-refractivity contribution is 7.89. The summed E-state index contributed by atoms with van der Waals surface area (Å²) in [5.41, 5.74) is 0.986. The molecule has 0 saturated carbocycles. The number of amides is 1. The van der Waals surface area contributed by atoms with Crippen LogP contribution in [0.4, 0.5) is 0 Å². The van der Waals surface area contributed by atoms with Crippen LogP contribution in [-0.4, -0.2) is 20.9 Å². The Hall–Kier alpha value is -1.89. The monoisotopic (exact) mass is 380 g/mol. The Balaban J connectivity index is 2.12. The van der Waals surface area contributed by atoms with E-state index in [1.807, 2.05) is 13.8 Å². The van der Waals surface area contributed by atoms with Gasteiger partial charge in [0.1, 0.15) is 0 Å². The van der Waals surface area contributed by atoms with E-state index in [9.17, 15) is 13.2 Å². The zero-order chi connectivity index (χ0) is 18.4. The third kappa shape index (κ3) is 5.56. The van der Waals surface area contributed by atoms with Crippen LogP contribution in [0.25, 0.3) is 0 Å². The molecule has 0 atom stereocenters. The Bertz CT molecular complexity index is 851. The number of benzene rings is 2. The van der Waals surface area contributed by atoms with Crippen LogP contribution < -0.4 is 10.0 Å². The number of hydrogen-bond acceptors (Lipinski definition) is 3. The summed E-state index contributed by atoms with van der Waals surface area (Å²) in [6, 6.07) is 13.0. The minimum atomic E-state index is -3.75. The summed E-state index contributed by atoms with van der Waals surface area (Å²) in [4.78, 5) is 12.1. The zero-order valence-electron chi connectivity index (χ0n) is 14.1. The lowest BCUT2D eigenvalue weighted by atomic mass is 10.2. The van der Waals surface area contributed by atoms with Crippen LogP contribution in [-0.2, 0) is 16.6 Å². The maximum absolute atomic E-state index is 12.5. The molecule has 5 nitrogen and oxygen atoms in total. The molecule has 1 amide bonds. The van der Waals surface area contributed by atoms with E-state index in [4.69, 9.17) is 11.6 Å². The van der Waals surface area contributed by atoms with Gasteiger partial charge in [0.2, 0.25) is 10.0 Å². The van der Waals surface area contributed by atoms with Crippen molar-refractivity contribution < 1.29 is 13.2 Å². The van der Waals surface area contributed by atoms with E-state index in [2.05, 4.69) is 10.0 Å². The Morgan fingerprint density at radius 1 is 1.12 bits per heavy atom. The fourth-order valence-corrected chi connectivity index (χ4v) is 3.36. The number of carbonyl (C=O) groups excluding carboxylic acids is 1. The van der Waals surface area contributed by atoms with E-state index >= 15 is 0 Å². The topological polar surface area (TPSA) is 75.3 Å². The van der Waals surface area contributed by atoms with Gasteiger partial charge in [0, 0.05) is 23.7 Å². The Labute approximate surface area is 153 Å². The van der Waals surface area contributed by atoms with Crippen molar-refractivity contribution in [3.05, 3.63) is 64.7 Å². The van der Waals surface area contributed by atoms with Crippen LogP contribution in [0.1, 0.15) is 29.8 Å². The highest BCUT2D eigenvalue weighted by Crippen LogP contribution is 2.17. The smallest absolute Gasteiger partial charge is 0.251 e. The van der Waals surface area contributed by atoms with Crippen LogP contribution in [0.5, 0.6) is 0 Å². The average molecular weight is 381 g/mol. The molecule has 0 fully saturated rings. The molecule has 2 aromatic carbocycles. The third-order valence-electron chi connectivity index (χ3n) is 3.49. The van der Waals surface area contributed by atoms with Gasteiger partial charge in [-0.05, 0) is 35.7 Å². The third-order valence-corrected chi connectivity index (χ3v) is 5.26. The number of nitrogens with one attached hydrogen (secondary N) is 2. The maximum Gasteiger partial charge on any atom is 0.251 e. The van der Waals surface area contributed by atoms with Crippen molar-refractivity contribution in [2.24, 2.45) is 5.92 Å². The van der Waals surface area contributed by atoms with Crippen LogP contribution in [0, 0.1) is 5.92 Å². The second-order valence-electron chi connectivity index (χ2n) is 6.05. The molecule has 0 aliphatic rings. The first-order valence-corrected chi connectivity index (χ1v) is 9.77. The molecule has 2 rings (SSSR count). The van der Waals surface area contributed by atoms with Gasteiger partial charge in [-0.15, -0.1) is 0 Å². The lowest BCUT2D eigenvalue weighted by Crippen LogP contribution is -2.28. The molecule has 0 aromatic heterocycles. The van der Waals surface area contributed by atoms with Gasteiger partial charge in [-0.1, -0.05) is 49.7 Å². The molecule has 0 aliphatic carbocycles. The lowest BCUT2D eigenvalue weighted by Gasteiger charge is -2.10. The van der Waals surface area contributed by atoms with E-state index in [1.165, 1.54) is 12.1 Å². The number of rotatable bonds is 7. The molecule has 2 N–H and O–H groups in total. The summed E-state index contributed by atoms with van der Waals surface area (Å²) >= 11 is 6.04. The van der Waals surface area contributed by atoms with Crippen molar-refractivity contribution in [1.82, 2.24) is 10.0 Å². The Morgan fingerprint density at radius 2 is 1.84 bits per heavy atom. The number of carbonyl (C=O) groups is 1. The first-order valence-electron chi connectivity index (χ1n) is 7.91. The SMILES string of the molecule is CC(C)CNC(=O)c1cccc(S(=O)(=O)NCc2ccccc2Cl)c1. The predicted octanol–water partition coefficient (Wildman–Crippen LogP) is 3.20. The fourth-order valence-electron chi connectivity index (χ4n) is 2.10. The number of sulfonamides is 1. The van der Waals surface area contributed by atoms with E-state index in [-0.39, 0.29) is 17.3 Å². The number of hydrogen-bond donors (Lipinski definition) is 2. The van der Waals surface area contributed by atoms with Gasteiger partial charge < -0.3 is 5.32 Å². The highest BCUT2D eigenvalue weighted by atomic mass is 35.5. The second kappa shape index (κ2) is 8.47. The molecule has 2 aromatic rings. The summed E-state index contributed by atoms with van der Waals surface area (Å²) in [5, 5.41) is 3.26. The molecule has 0 spiro atoms. The largest absolute Gasteiger partial charge is 0.352 e. The maximum atomic E-state index is 12.5. The van der Waals surface area contributed by atoms with Gasteiger partial charge in [-0.2, -0.15) is 0 Å². The summed E-state index contributed by atoms with van der Waals surface area (Å²) in [5.74, 6) is 0.0185. The van der Waals surface area contributed by atoms with Gasteiger partial charge in [-0.3, -0.25) is 4.79 Å². The highest BCUT2D eigenvalue weighted by Gasteiger charge is 2.16. The number of halogens is 1. The van der Waals surface area contributed by atoms with Gasteiger partial charge in [0.15, 0.2) is 0 Å². The van der Waals surface area contributed by atoms with Gasteiger partial charge in [-0.25, -0.2) is 13.1 Å². The summed E-state index contributed by atoms with van der Waals surface area (Å²) in [6.07, 6.45) is 0. The van der Waals surface area contributed by atoms with Crippen molar-refractivity contribution in [2.45, 2.75) is 25.3 Å². The molecular weight excluding hydrogens is 360 g/mol. The van der Waals surface area contributed by atoms with Crippen LogP contribution >= 0.6 is 11.6 Å². The van der Waals surface area contributed by atoms with Crippen molar-refractivity contribution in [2.75, 3.05) is 6.54 Å². The summed E-state index contributed by atoms with van der Waals surface area (Å²) in [6.45, 7) is 4.58. The van der Waals surface area contributed by atoms with Crippen LogP contribution in [0.15, 0.2) is 53.4 Å². The molecule has 0 saturated heterocycles. The van der Waals surface area contributed by atoms with Gasteiger partial charge >= 0.3 is 0 Å². The van der Waals surface area contributed by atoms with Crippen molar-refractivity contribution >= 4 is 27.5 Å². The van der Waals surface area contributed by atoms with E-state index in [0.717, 1.165) is 0 Å². The van der Waals surface area contributed by atoms with E-state index in [1.54, 1.807) is 36.4 Å². The summed E-state index contributed by atoms with van der Waals surface area (Å²) in [7, 11) is -3.75. The van der Waals surface area contributed by atoms with E-state index < -0.39 is 10.0 Å². The van der Waals surface area contributed by atoms with Crippen LogP contribution in [0.2, 0.25) is 5.02 Å². The predicted molar refractivity (Wildman–Crippen MR) is 99.1 cm³/mol. The van der Waals surface area contributed by atoms with Gasteiger partial charge in [0.05, 0.1) is 4.90 Å². The molecule has 0 heterocycles. The molecule has 0 unspecified atom stereocenters. The minimum Gasteiger partial charge on any atom is -0.352 e. The standard InChI is InChI=1S/C18H21ClN2O3S/c1-13(2)11-20-18(22)14-7-5-8-16(10-14)25(23,24)21-12-15-6-3-4-9-17(15)19/h3-10,13,21H,11-12H2,1-2H3,(H,20,22). The first-order chi connectivity index (χ1) is 11.8. The molecule has 7 heteroatoms. The minimum absolute atomic E-state index is 0.0387. The summed E-state index contributed by atoms with van der Waals surface area (Å²) < 4.78 is 27.4. The first kappa shape index (κ1) is 19.4. The van der Waals surface area contributed by atoms with E-state index in [0.29, 0.717) is 28.6 Å². The molecular formula is C18H21ClN2O3S. The quantitative estimate of drug-likeness (QED) is 0.774. The fraction of sp³-hybridized carbons (Fsp3) is 0.278. The van der Waals surface area contributed by atoms with Crippen molar-refractivity contribution in [3.63, 3.8) is 0 Å². The zero-order valence-corrected chi connectivity index (χ0v) is 15.7. The Kier molecular flexibility index (Phi) is 6.58. The lowest BCUT2D eigenvalue weighted by molar-refractivity contribution is 0.0949. The molecule has 0 bridgehead atoms. The molecule has 25 heavy (non-hydrogen) atoms. The second-order valence-corrected chi connectivity index (χ2v) is 8.22. The van der Waals surface area contributed by atoms with Crippen molar-refractivity contribution in [1.29, 1.82) is 0 Å².